The van der Waals surface area contributed by atoms with Crippen LogP contribution in [0.3, 0.4) is 0 Å². The van der Waals surface area contributed by atoms with Crippen molar-refractivity contribution in [2.75, 3.05) is 26.3 Å². The van der Waals surface area contributed by atoms with Crippen molar-refractivity contribution < 1.29 is 23.8 Å². The first-order valence-electron chi connectivity index (χ1n) is 6.88. The molecule has 0 spiro atoms. The Kier molecular flexibility index (Phi) is 4.76. The van der Waals surface area contributed by atoms with Crippen LogP contribution in [0.4, 0.5) is 0 Å². The first-order valence-corrected chi connectivity index (χ1v) is 6.88. The van der Waals surface area contributed by atoms with Crippen LogP contribution in [0.25, 0.3) is 0 Å². The lowest BCUT2D eigenvalue weighted by atomic mass is 10.2. The van der Waals surface area contributed by atoms with Crippen molar-refractivity contribution in [3.05, 3.63) is 0 Å². The van der Waals surface area contributed by atoms with E-state index in [9.17, 15) is 9.59 Å². The highest BCUT2D eigenvalue weighted by atomic mass is 16.6. The SMILES string of the molecule is CCOC(=O)C(C(=O)OCC)N1C[C@H]2CC[C@@H](C1)O2. The highest BCUT2D eigenvalue weighted by Gasteiger charge is 2.43. The monoisotopic (exact) mass is 271 g/mol. The molecule has 0 aromatic heterocycles. The van der Waals surface area contributed by atoms with E-state index in [1.807, 2.05) is 4.90 Å². The number of hydrogen-bond donors (Lipinski definition) is 0. The van der Waals surface area contributed by atoms with Crippen LogP contribution >= 0.6 is 0 Å². The molecule has 2 aliphatic rings. The quantitative estimate of drug-likeness (QED) is 0.531. The molecule has 0 saturated carbocycles. The molecule has 108 valence electrons. The number of rotatable bonds is 5. The molecule has 0 unspecified atom stereocenters. The maximum absolute atomic E-state index is 12.0. The maximum Gasteiger partial charge on any atom is 0.335 e. The van der Waals surface area contributed by atoms with Gasteiger partial charge in [0, 0.05) is 13.1 Å². The molecule has 2 saturated heterocycles. The van der Waals surface area contributed by atoms with Gasteiger partial charge >= 0.3 is 11.9 Å². The summed E-state index contributed by atoms with van der Waals surface area (Å²) in [6, 6.07) is -0.952. The summed E-state index contributed by atoms with van der Waals surface area (Å²) < 4.78 is 15.7. The molecule has 19 heavy (non-hydrogen) atoms. The van der Waals surface area contributed by atoms with Gasteiger partial charge in [-0.1, -0.05) is 0 Å². The lowest BCUT2D eigenvalue weighted by Gasteiger charge is -2.35. The summed E-state index contributed by atoms with van der Waals surface area (Å²) in [6.07, 6.45) is 2.20. The van der Waals surface area contributed by atoms with Gasteiger partial charge in [-0.25, -0.2) is 9.59 Å². The van der Waals surface area contributed by atoms with Gasteiger partial charge in [-0.2, -0.15) is 0 Å². The van der Waals surface area contributed by atoms with Gasteiger partial charge in [0.25, 0.3) is 0 Å². The number of carbonyl (C=O) groups is 2. The average molecular weight is 271 g/mol. The predicted molar refractivity (Wildman–Crippen MR) is 66.5 cm³/mol. The summed E-state index contributed by atoms with van der Waals surface area (Å²) in [7, 11) is 0. The zero-order valence-electron chi connectivity index (χ0n) is 11.5. The van der Waals surface area contributed by atoms with E-state index in [0.29, 0.717) is 13.1 Å². The second-order valence-electron chi connectivity index (χ2n) is 4.82. The first-order chi connectivity index (χ1) is 9.15. The molecule has 2 heterocycles. The molecule has 2 rings (SSSR count). The van der Waals surface area contributed by atoms with Gasteiger partial charge in [0.15, 0.2) is 0 Å². The number of morpholine rings is 1. The molecule has 0 radical (unpaired) electrons. The van der Waals surface area contributed by atoms with E-state index in [2.05, 4.69) is 0 Å². The fourth-order valence-electron chi connectivity index (χ4n) is 2.69. The zero-order valence-corrected chi connectivity index (χ0v) is 11.5. The smallest absolute Gasteiger partial charge is 0.335 e. The van der Waals surface area contributed by atoms with Gasteiger partial charge in [-0.3, -0.25) is 4.90 Å². The lowest BCUT2D eigenvalue weighted by Crippen LogP contribution is -2.55. The summed E-state index contributed by atoms with van der Waals surface area (Å²) in [5.74, 6) is -1.05. The molecule has 0 aliphatic carbocycles. The summed E-state index contributed by atoms with van der Waals surface area (Å²) in [4.78, 5) is 25.8. The Balaban J connectivity index is 2.07. The average Bonchev–Trinajstić information content (AvgIpc) is 2.69. The Morgan fingerprint density at radius 2 is 1.58 bits per heavy atom. The Morgan fingerprint density at radius 1 is 1.11 bits per heavy atom. The van der Waals surface area contributed by atoms with E-state index in [0.717, 1.165) is 12.8 Å². The van der Waals surface area contributed by atoms with Gasteiger partial charge in [0.2, 0.25) is 6.04 Å². The maximum atomic E-state index is 12.0. The third-order valence-electron chi connectivity index (χ3n) is 3.46. The molecule has 2 bridgehead atoms. The van der Waals surface area contributed by atoms with Crippen molar-refractivity contribution in [2.45, 2.75) is 44.9 Å². The van der Waals surface area contributed by atoms with Crippen LogP contribution in [0.5, 0.6) is 0 Å². The summed E-state index contributed by atoms with van der Waals surface area (Å²) in [5, 5.41) is 0. The molecule has 2 aliphatic heterocycles. The van der Waals surface area contributed by atoms with E-state index >= 15 is 0 Å². The molecule has 0 aromatic rings. The van der Waals surface area contributed by atoms with E-state index in [1.54, 1.807) is 13.8 Å². The minimum Gasteiger partial charge on any atom is -0.464 e. The number of fused-ring (bicyclic) bond motifs is 2. The Morgan fingerprint density at radius 3 is 2.00 bits per heavy atom. The van der Waals surface area contributed by atoms with Crippen LogP contribution in [0.1, 0.15) is 26.7 Å². The predicted octanol–water partition coefficient (Wildman–Crippen LogP) is 0.344. The highest BCUT2D eigenvalue weighted by Crippen LogP contribution is 2.27. The van der Waals surface area contributed by atoms with Crippen LogP contribution in [0.2, 0.25) is 0 Å². The highest BCUT2D eigenvalue weighted by molar-refractivity contribution is 5.99. The van der Waals surface area contributed by atoms with Crippen molar-refractivity contribution >= 4 is 11.9 Å². The molecular formula is C13H21NO5. The Hall–Kier alpha value is -1.14. The fourth-order valence-corrected chi connectivity index (χ4v) is 2.69. The molecule has 0 amide bonds. The minimum absolute atomic E-state index is 0.116. The third kappa shape index (κ3) is 3.25. The molecule has 2 fully saturated rings. The van der Waals surface area contributed by atoms with Crippen LogP contribution in [-0.4, -0.2) is 61.4 Å². The molecular weight excluding hydrogens is 250 g/mol. The normalized spacial score (nSPS) is 26.5. The third-order valence-corrected chi connectivity index (χ3v) is 3.46. The van der Waals surface area contributed by atoms with Gasteiger partial charge in [-0.15, -0.1) is 0 Å². The molecule has 0 N–H and O–H groups in total. The van der Waals surface area contributed by atoms with Crippen LogP contribution in [0, 0.1) is 0 Å². The van der Waals surface area contributed by atoms with Crippen LogP contribution in [-0.2, 0) is 23.8 Å². The number of nitrogens with zero attached hydrogens (tertiary/aromatic N) is 1. The minimum atomic E-state index is -0.952. The van der Waals surface area contributed by atoms with Crippen molar-refractivity contribution in [1.29, 1.82) is 0 Å². The van der Waals surface area contributed by atoms with Crippen LogP contribution < -0.4 is 0 Å². The number of hydrogen-bond acceptors (Lipinski definition) is 6. The second kappa shape index (κ2) is 6.34. The topological polar surface area (TPSA) is 65.1 Å². The Labute approximate surface area is 113 Å². The Bertz CT molecular complexity index is 316. The summed E-state index contributed by atoms with van der Waals surface area (Å²) in [5.41, 5.74) is 0. The number of esters is 2. The van der Waals surface area contributed by atoms with Gasteiger partial charge in [0.1, 0.15) is 0 Å². The van der Waals surface area contributed by atoms with Crippen molar-refractivity contribution in [1.82, 2.24) is 4.90 Å². The van der Waals surface area contributed by atoms with Gasteiger partial charge in [-0.05, 0) is 26.7 Å². The number of likely N-dealkylation sites (tertiary alicyclic amines) is 1. The number of ether oxygens (including phenoxy) is 3. The van der Waals surface area contributed by atoms with E-state index < -0.39 is 18.0 Å². The first kappa shape index (κ1) is 14.3. The van der Waals surface area contributed by atoms with E-state index in [1.165, 1.54) is 0 Å². The lowest BCUT2D eigenvalue weighted by molar-refractivity contribution is -0.167. The van der Waals surface area contributed by atoms with Crippen molar-refractivity contribution in [2.24, 2.45) is 0 Å². The van der Waals surface area contributed by atoms with Crippen molar-refractivity contribution in [3.8, 4) is 0 Å². The summed E-state index contributed by atoms with van der Waals surface area (Å²) >= 11 is 0. The standard InChI is InChI=1S/C13H21NO5/c1-3-17-12(15)11(13(16)18-4-2)14-7-9-5-6-10(8-14)19-9/h9-11H,3-8H2,1-2H3/t9-,10+. The molecule has 2 atom stereocenters. The van der Waals surface area contributed by atoms with Crippen LogP contribution in [0.15, 0.2) is 0 Å². The molecule has 0 aromatic carbocycles. The van der Waals surface area contributed by atoms with Gasteiger partial charge < -0.3 is 14.2 Å². The fraction of sp³-hybridized carbons (Fsp3) is 0.846. The largest absolute Gasteiger partial charge is 0.464 e. The second-order valence-corrected chi connectivity index (χ2v) is 4.82. The molecule has 6 heteroatoms. The zero-order chi connectivity index (χ0) is 13.8. The van der Waals surface area contributed by atoms with Crippen molar-refractivity contribution in [3.63, 3.8) is 0 Å². The van der Waals surface area contributed by atoms with E-state index in [4.69, 9.17) is 14.2 Å². The van der Waals surface area contributed by atoms with E-state index in [-0.39, 0.29) is 25.4 Å². The molecule has 6 nitrogen and oxygen atoms in total. The summed E-state index contributed by atoms with van der Waals surface area (Å²) in [6.45, 7) is 5.13. The van der Waals surface area contributed by atoms with Gasteiger partial charge in [0.05, 0.1) is 25.4 Å². The number of carbonyl (C=O) groups excluding carboxylic acids is 2.